The van der Waals surface area contributed by atoms with E-state index >= 15 is 0 Å². The van der Waals surface area contributed by atoms with E-state index in [1.807, 2.05) is 39.8 Å². The minimum atomic E-state index is -0.602. The Balaban J connectivity index is 1.86. The molecule has 0 atom stereocenters. The number of fused-ring (bicyclic) bond motifs is 1. The summed E-state index contributed by atoms with van der Waals surface area (Å²) in [5, 5.41) is 10.0. The second kappa shape index (κ2) is 8.99. The maximum atomic E-state index is 13.0. The van der Waals surface area contributed by atoms with Crippen LogP contribution in [0.2, 0.25) is 0 Å². The van der Waals surface area contributed by atoms with E-state index in [9.17, 15) is 14.4 Å². The summed E-state index contributed by atoms with van der Waals surface area (Å²) >= 11 is 0. The monoisotopic (exact) mass is 422 g/mol. The van der Waals surface area contributed by atoms with Crippen molar-refractivity contribution in [2.75, 3.05) is 11.9 Å². The highest BCUT2D eigenvalue weighted by Crippen LogP contribution is 2.21. The van der Waals surface area contributed by atoms with Crippen molar-refractivity contribution in [3.63, 3.8) is 0 Å². The first-order valence-corrected chi connectivity index (χ1v) is 10.0. The fourth-order valence-electron chi connectivity index (χ4n) is 3.09. The van der Waals surface area contributed by atoms with E-state index in [-0.39, 0.29) is 17.8 Å². The first-order chi connectivity index (χ1) is 14.7. The average Bonchev–Trinajstić information content (AvgIpc) is 2.72. The number of para-hydroxylation sites is 1. The van der Waals surface area contributed by atoms with Crippen LogP contribution in [0.5, 0.6) is 0 Å². The van der Waals surface area contributed by atoms with Gasteiger partial charge in [-0.2, -0.15) is 5.10 Å². The van der Waals surface area contributed by atoms with E-state index < -0.39 is 17.6 Å². The molecule has 0 aliphatic carbocycles. The largest absolute Gasteiger partial charge is 0.444 e. The zero-order valence-corrected chi connectivity index (χ0v) is 18.1. The van der Waals surface area contributed by atoms with Gasteiger partial charge in [-0.3, -0.25) is 9.59 Å². The number of hydrogen-bond acceptors (Lipinski definition) is 5. The lowest BCUT2D eigenvalue weighted by molar-refractivity contribution is 0.0245. The van der Waals surface area contributed by atoms with Gasteiger partial charge in [0.05, 0.1) is 11.9 Å². The van der Waals surface area contributed by atoms with Crippen LogP contribution in [0.1, 0.15) is 43.7 Å². The van der Waals surface area contributed by atoms with Crippen molar-refractivity contribution in [3.05, 3.63) is 70.1 Å². The lowest BCUT2D eigenvalue weighted by atomic mass is 10.1. The fraction of sp³-hybridized carbons (Fsp3) is 0.304. The highest BCUT2D eigenvalue weighted by molar-refractivity contribution is 6.11. The van der Waals surface area contributed by atoms with Crippen LogP contribution >= 0.6 is 0 Å². The summed E-state index contributed by atoms with van der Waals surface area (Å²) in [5.74, 6) is -0.458. The summed E-state index contributed by atoms with van der Waals surface area (Å²) in [6.45, 7) is 8.02. The molecule has 31 heavy (non-hydrogen) atoms. The van der Waals surface area contributed by atoms with Crippen LogP contribution in [0, 0.1) is 0 Å². The van der Waals surface area contributed by atoms with Gasteiger partial charge in [0, 0.05) is 17.6 Å². The number of nitrogens with zero attached hydrogens (tertiary/aromatic N) is 2. The molecule has 0 aliphatic rings. The quantitative estimate of drug-likeness (QED) is 0.648. The molecule has 162 valence electrons. The number of aromatic nitrogens is 2. The summed E-state index contributed by atoms with van der Waals surface area (Å²) in [6.07, 6.45) is -0.426. The molecular weight excluding hydrogens is 396 g/mol. The Kier molecular flexibility index (Phi) is 6.39. The molecule has 1 aromatic heterocycles. The van der Waals surface area contributed by atoms with Gasteiger partial charge in [0.15, 0.2) is 5.69 Å². The number of H-pyrrole nitrogens is 1. The van der Waals surface area contributed by atoms with Crippen LogP contribution < -0.4 is 10.9 Å². The molecular formula is C23H26N4O4. The molecule has 8 heteroatoms. The standard InChI is InChI=1S/C23H26N4O4/c1-5-27(22(30)31-23(2,3)4)14-15-10-6-9-13-18(15)24-21(29)19-16-11-7-8-12-17(16)20(28)26-25-19/h6-13H,5,14H2,1-4H3,(H,24,29)(H,26,28). The summed E-state index contributed by atoms with van der Waals surface area (Å²) in [6, 6.07) is 14.0. The third kappa shape index (κ3) is 5.28. The lowest BCUT2D eigenvalue weighted by Crippen LogP contribution is -2.36. The molecule has 3 rings (SSSR count). The molecule has 2 amide bonds. The van der Waals surface area contributed by atoms with Gasteiger partial charge in [0.1, 0.15) is 5.60 Å². The molecule has 1 heterocycles. The molecule has 0 fully saturated rings. The van der Waals surface area contributed by atoms with Crippen molar-refractivity contribution in [1.82, 2.24) is 15.1 Å². The van der Waals surface area contributed by atoms with Gasteiger partial charge >= 0.3 is 6.09 Å². The highest BCUT2D eigenvalue weighted by atomic mass is 16.6. The predicted molar refractivity (Wildman–Crippen MR) is 119 cm³/mol. The Bertz CT molecular complexity index is 1160. The molecule has 0 saturated heterocycles. The topological polar surface area (TPSA) is 104 Å². The molecule has 2 N–H and O–H groups in total. The Morgan fingerprint density at radius 2 is 1.71 bits per heavy atom. The van der Waals surface area contributed by atoms with E-state index in [1.165, 1.54) is 0 Å². The van der Waals surface area contributed by atoms with E-state index in [2.05, 4.69) is 15.5 Å². The van der Waals surface area contributed by atoms with Crippen LogP contribution in [-0.2, 0) is 11.3 Å². The molecule has 0 radical (unpaired) electrons. The zero-order valence-electron chi connectivity index (χ0n) is 18.1. The average molecular weight is 422 g/mol. The second-order valence-electron chi connectivity index (χ2n) is 8.05. The Morgan fingerprint density at radius 3 is 2.39 bits per heavy atom. The van der Waals surface area contributed by atoms with Crippen LogP contribution in [0.4, 0.5) is 10.5 Å². The number of nitrogens with one attached hydrogen (secondary N) is 2. The third-order valence-electron chi connectivity index (χ3n) is 4.57. The number of carbonyl (C=O) groups is 2. The SMILES string of the molecule is CCN(Cc1ccccc1NC(=O)c1n[nH]c(=O)c2ccccc12)C(=O)OC(C)(C)C. The van der Waals surface area contributed by atoms with E-state index in [1.54, 1.807) is 41.3 Å². The van der Waals surface area contributed by atoms with E-state index in [0.29, 0.717) is 23.0 Å². The van der Waals surface area contributed by atoms with Gasteiger partial charge in [-0.05, 0) is 45.4 Å². The molecule has 0 spiro atoms. The number of hydrogen-bond donors (Lipinski definition) is 2. The summed E-state index contributed by atoms with van der Waals surface area (Å²) in [5.41, 5.74) is 0.451. The van der Waals surface area contributed by atoms with E-state index in [0.717, 1.165) is 5.56 Å². The van der Waals surface area contributed by atoms with Gasteiger partial charge in [-0.25, -0.2) is 9.89 Å². The first-order valence-electron chi connectivity index (χ1n) is 10.0. The smallest absolute Gasteiger partial charge is 0.410 e. The number of ether oxygens (including phenoxy) is 1. The van der Waals surface area contributed by atoms with Gasteiger partial charge in [-0.1, -0.05) is 36.4 Å². The first kappa shape index (κ1) is 22.0. The molecule has 3 aromatic rings. The minimum absolute atomic E-state index is 0.115. The number of rotatable bonds is 5. The van der Waals surface area contributed by atoms with Crippen LogP contribution in [-0.4, -0.2) is 39.2 Å². The number of amides is 2. The minimum Gasteiger partial charge on any atom is -0.444 e. The van der Waals surface area contributed by atoms with E-state index in [4.69, 9.17) is 4.74 Å². The molecule has 2 aromatic carbocycles. The molecule has 0 saturated carbocycles. The lowest BCUT2D eigenvalue weighted by Gasteiger charge is -2.27. The second-order valence-corrected chi connectivity index (χ2v) is 8.05. The van der Waals surface area contributed by atoms with Crippen molar-refractivity contribution < 1.29 is 14.3 Å². The predicted octanol–water partition coefficient (Wildman–Crippen LogP) is 3.93. The third-order valence-corrected chi connectivity index (χ3v) is 4.57. The maximum Gasteiger partial charge on any atom is 0.410 e. The summed E-state index contributed by atoms with van der Waals surface area (Å²) < 4.78 is 5.47. The van der Waals surface area contributed by atoms with Crippen molar-refractivity contribution in [3.8, 4) is 0 Å². The Morgan fingerprint density at radius 1 is 1.06 bits per heavy atom. The summed E-state index contributed by atoms with van der Waals surface area (Å²) in [4.78, 5) is 39.0. The number of benzene rings is 2. The molecule has 0 aliphatic heterocycles. The highest BCUT2D eigenvalue weighted by Gasteiger charge is 2.22. The van der Waals surface area contributed by atoms with Crippen LogP contribution in [0.3, 0.4) is 0 Å². The van der Waals surface area contributed by atoms with Crippen molar-refractivity contribution in [2.45, 2.75) is 39.8 Å². The van der Waals surface area contributed by atoms with Gasteiger partial charge < -0.3 is 15.0 Å². The molecule has 0 unspecified atom stereocenters. The van der Waals surface area contributed by atoms with Gasteiger partial charge in [0.25, 0.3) is 11.5 Å². The van der Waals surface area contributed by atoms with Gasteiger partial charge in [0.2, 0.25) is 0 Å². The van der Waals surface area contributed by atoms with Crippen LogP contribution in [0.25, 0.3) is 10.8 Å². The van der Waals surface area contributed by atoms with Crippen molar-refractivity contribution in [2.24, 2.45) is 0 Å². The fourth-order valence-corrected chi connectivity index (χ4v) is 3.09. The normalized spacial score (nSPS) is 11.2. The number of anilines is 1. The molecule has 8 nitrogen and oxygen atoms in total. The number of carbonyl (C=O) groups excluding carboxylic acids is 2. The molecule has 0 bridgehead atoms. The van der Waals surface area contributed by atoms with Gasteiger partial charge in [-0.15, -0.1) is 0 Å². The summed E-state index contributed by atoms with van der Waals surface area (Å²) in [7, 11) is 0. The Labute approximate surface area is 180 Å². The Hall–Kier alpha value is -3.68. The zero-order chi connectivity index (χ0) is 22.6. The van der Waals surface area contributed by atoms with Crippen molar-refractivity contribution >= 4 is 28.5 Å². The number of aromatic amines is 1. The van der Waals surface area contributed by atoms with Crippen molar-refractivity contribution in [1.29, 1.82) is 0 Å². The maximum absolute atomic E-state index is 13.0. The van der Waals surface area contributed by atoms with Crippen LogP contribution in [0.15, 0.2) is 53.3 Å².